The Morgan fingerprint density at radius 1 is 1.24 bits per heavy atom. The molecule has 1 saturated heterocycles. The fourth-order valence-corrected chi connectivity index (χ4v) is 5.66. The molecule has 4 unspecified atom stereocenters. The van der Waals surface area contributed by atoms with Crippen molar-refractivity contribution in [2.24, 2.45) is 11.8 Å². The van der Waals surface area contributed by atoms with Gasteiger partial charge >= 0.3 is 5.97 Å². The number of para-hydroxylation sites is 1. The van der Waals surface area contributed by atoms with Crippen molar-refractivity contribution in [1.29, 1.82) is 0 Å². The number of piperidine rings is 1. The lowest BCUT2D eigenvalue weighted by Crippen LogP contribution is -2.37. The number of carboxylic acids is 1. The van der Waals surface area contributed by atoms with E-state index in [2.05, 4.69) is 17.1 Å². The Hall–Kier alpha value is -3.35. The number of pyridine rings is 1. The van der Waals surface area contributed by atoms with Crippen LogP contribution in [0.1, 0.15) is 59.8 Å². The van der Waals surface area contributed by atoms with Crippen molar-refractivity contribution in [2.75, 3.05) is 16.8 Å². The molecule has 0 spiro atoms. The van der Waals surface area contributed by atoms with Gasteiger partial charge in [0.1, 0.15) is 11.5 Å². The molecule has 2 bridgehead atoms. The van der Waals surface area contributed by atoms with E-state index >= 15 is 0 Å². The maximum Gasteiger partial charge on any atom is 0.337 e. The van der Waals surface area contributed by atoms with Gasteiger partial charge in [-0.25, -0.2) is 9.78 Å². The molecule has 4 atom stereocenters. The summed E-state index contributed by atoms with van der Waals surface area (Å²) in [5.41, 5.74) is 3.82. The molecule has 1 aliphatic carbocycles. The number of rotatable bonds is 5. The van der Waals surface area contributed by atoms with E-state index in [1.54, 1.807) is 22.6 Å². The minimum absolute atomic E-state index is 0.0473. The molecule has 3 aromatic rings. The van der Waals surface area contributed by atoms with E-state index in [9.17, 15) is 14.7 Å². The molecule has 172 valence electrons. The number of aromatic carboxylic acids is 1. The number of fused-ring (bicyclic) bond motifs is 3. The summed E-state index contributed by atoms with van der Waals surface area (Å²) in [6, 6.07) is 9.09. The van der Waals surface area contributed by atoms with Gasteiger partial charge in [0, 0.05) is 30.0 Å². The van der Waals surface area contributed by atoms with E-state index in [1.807, 2.05) is 39.1 Å². The van der Waals surface area contributed by atoms with Gasteiger partial charge in [0.2, 0.25) is 0 Å². The number of carboxylic acid groups (broad SMARTS) is 1. The zero-order chi connectivity index (χ0) is 23.4. The molecule has 7 heteroatoms. The minimum atomic E-state index is -0.982. The van der Waals surface area contributed by atoms with Gasteiger partial charge in [-0.15, -0.1) is 0 Å². The summed E-state index contributed by atoms with van der Waals surface area (Å²) < 4.78 is 1.64. The number of nitrogens with one attached hydrogen (secondary N) is 1. The van der Waals surface area contributed by atoms with Crippen molar-refractivity contribution < 1.29 is 9.90 Å². The third-order valence-corrected chi connectivity index (χ3v) is 7.45. The van der Waals surface area contributed by atoms with Crippen molar-refractivity contribution in [2.45, 2.75) is 52.6 Å². The highest BCUT2D eigenvalue weighted by Gasteiger charge is 2.43. The summed E-state index contributed by atoms with van der Waals surface area (Å²) in [7, 11) is 0. The van der Waals surface area contributed by atoms with Crippen molar-refractivity contribution in [1.82, 2.24) is 9.38 Å². The lowest BCUT2D eigenvalue weighted by Gasteiger charge is -2.32. The molecule has 0 amide bonds. The first-order chi connectivity index (χ1) is 15.7. The van der Waals surface area contributed by atoms with Crippen molar-refractivity contribution in [3.05, 3.63) is 69.1 Å². The molecule has 2 aliphatic rings. The summed E-state index contributed by atoms with van der Waals surface area (Å²) in [5, 5.41) is 12.9. The van der Waals surface area contributed by atoms with Crippen LogP contribution in [0.2, 0.25) is 0 Å². The number of nitrogens with zero attached hydrogens (tertiary/aromatic N) is 3. The Morgan fingerprint density at radius 3 is 2.67 bits per heavy atom. The van der Waals surface area contributed by atoms with Gasteiger partial charge in [-0.05, 0) is 69.2 Å². The number of aryl methyl sites for hydroxylation is 1. The Balaban J connectivity index is 1.60. The second kappa shape index (κ2) is 7.90. The highest BCUT2D eigenvalue weighted by atomic mass is 16.4. The van der Waals surface area contributed by atoms with Gasteiger partial charge < -0.3 is 15.3 Å². The lowest BCUT2D eigenvalue weighted by atomic mass is 9.97. The predicted molar refractivity (Wildman–Crippen MR) is 129 cm³/mol. The first kappa shape index (κ1) is 21.5. The molecule has 33 heavy (non-hydrogen) atoms. The molecule has 1 aromatic carbocycles. The first-order valence-electron chi connectivity index (χ1n) is 11.6. The number of hydrogen-bond donors (Lipinski definition) is 2. The Bertz CT molecular complexity index is 1310. The van der Waals surface area contributed by atoms with E-state index in [4.69, 9.17) is 4.98 Å². The van der Waals surface area contributed by atoms with Crippen LogP contribution in [-0.2, 0) is 0 Å². The molecule has 0 radical (unpaired) electrons. The van der Waals surface area contributed by atoms with Gasteiger partial charge in [-0.2, -0.15) is 0 Å². The van der Waals surface area contributed by atoms with Crippen molar-refractivity contribution >= 4 is 23.1 Å². The molecule has 2 N–H and O–H groups in total. The summed E-state index contributed by atoms with van der Waals surface area (Å²) in [6.45, 7) is 9.08. The molecule has 2 aromatic heterocycles. The first-order valence-corrected chi connectivity index (χ1v) is 11.6. The standard InChI is InChI=1S/C26H30N4O3/c1-14-9-21(17(4)27-22-8-6-5-7-20(22)26(32)33)24-28-23(16(3)25(31)30(24)12-14)29-13-18-11-19(29)10-15(18)2/h5-9,12,15,17-19,27H,10-11,13H2,1-4H3,(H,32,33). The smallest absolute Gasteiger partial charge is 0.337 e. The second-order valence-corrected chi connectivity index (χ2v) is 9.76. The molecule has 7 nitrogen and oxygen atoms in total. The summed E-state index contributed by atoms with van der Waals surface area (Å²) in [6.07, 6.45) is 4.16. The van der Waals surface area contributed by atoms with Gasteiger partial charge in [0.05, 0.1) is 17.2 Å². The van der Waals surface area contributed by atoms with Crippen molar-refractivity contribution in [3.63, 3.8) is 0 Å². The Kier molecular flexibility index (Phi) is 5.15. The maximum atomic E-state index is 13.4. The molecule has 5 rings (SSSR count). The molecule has 1 saturated carbocycles. The van der Waals surface area contributed by atoms with Gasteiger partial charge in [0.25, 0.3) is 5.56 Å². The summed E-state index contributed by atoms with van der Waals surface area (Å²) in [5.74, 6) is 1.21. The van der Waals surface area contributed by atoms with Crippen LogP contribution < -0.4 is 15.8 Å². The van der Waals surface area contributed by atoms with E-state index in [0.29, 0.717) is 28.9 Å². The number of anilines is 2. The Labute approximate surface area is 193 Å². The van der Waals surface area contributed by atoms with E-state index in [1.165, 1.54) is 6.42 Å². The summed E-state index contributed by atoms with van der Waals surface area (Å²) >= 11 is 0. The van der Waals surface area contributed by atoms with Crippen LogP contribution in [0.5, 0.6) is 0 Å². The topological polar surface area (TPSA) is 86.9 Å². The van der Waals surface area contributed by atoms with Crippen LogP contribution in [0.4, 0.5) is 11.5 Å². The molecule has 1 aliphatic heterocycles. The van der Waals surface area contributed by atoms with Crippen LogP contribution in [0.25, 0.3) is 5.65 Å². The summed E-state index contributed by atoms with van der Waals surface area (Å²) in [4.78, 5) is 32.5. The van der Waals surface area contributed by atoms with Gasteiger partial charge in [-0.1, -0.05) is 19.1 Å². The third kappa shape index (κ3) is 3.56. The highest BCUT2D eigenvalue weighted by molar-refractivity contribution is 5.94. The van der Waals surface area contributed by atoms with Crippen LogP contribution in [-0.4, -0.2) is 33.0 Å². The molecular weight excluding hydrogens is 416 g/mol. The SMILES string of the molecule is Cc1cc(C(C)Nc2ccccc2C(=O)O)c2nc(N3CC4CC3CC4C)c(C)c(=O)n2c1. The zero-order valence-electron chi connectivity index (χ0n) is 19.5. The number of carbonyl (C=O) groups is 1. The lowest BCUT2D eigenvalue weighted by molar-refractivity contribution is 0.0698. The Morgan fingerprint density at radius 2 is 2.00 bits per heavy atom. The van der Waals surface area contributed by atoms with E-state index < -0.39 is 5.97 Å². The molecular formula is C26H30N4O3. The number of hydrogen-bond acceptors (Lipinski definition) is 5. The van der Waals surface area contributed by atoms with E-state index in [0.717, 1.165) is 35.8 Å². The average Bonchev–Trinajstić information content (AvgIpc) is 3.35. The molecule has 2 fully saturated rings. The van der Waals surface area contributed by atoms with Crippen LogP contribution in [0.15, 0.2) is 41.3 Å². The zero-order valence-corrected chi connectivity index (χ0v) is 19.5. The van der Waals surface area contributed by atoms with Crippen LogP contribution in [0.3, 0.4) is 0 Å². The third-order valence-electron chi connectivity index (χ3n) is 7.45. The fourth-order valence-electron chi connectivity index (χ4n) is 5.66. The number of benzene rings is 1. The number of aromatic nitrogens is 2. The monoisotopic (exact) mass is 446 g/mol. The van der Waals surface area contributed by atoms with Gasteiger partial charge in [-0.3, -0.25) is 9.20 Å². The average molecular weight is 447 g/mol. The second-order valence-electron chi connectivity index (χ2n) is 9.76. The quantitative estimate of drug-likeness (QED) is 0.603. The van der Waals surface area contributed by atoms with Crippen molar-refractivity contribution in [3.8, 4) is 0 Å². The molecule has 3 heterocycles. The predicted octanol–water partition coefficient (Wildman–Crippen LogP) is 4.42. The minimum Gasteiger partial charge on any atom is -0.478 e. The largest absolute Gasteiger partial charge is 0.478 e. The normalized spacial score (nSPS) is 22.7. The fraction of sp³-hybridized carbons (Fsp3) is 0.423. The van der Waals surface area contributed by atoms with Gasteiger partial charge in [0.15, 0.2) is 0 Å². The maximum absolute atomic E-state index is 13.4. The van der Waals surface area contributed by atoms with Crippen LogP contribution in [0, 0.1) is 25.7 Å². The van der Waals surface area contributed by atoms with Crippen LogP contribution >= 0.6 is 0 Å². The van der Waals surface area contributed by atoms with E-state index in [-0.39, 0.29) is 17.2 Å². The highest BCUT2D eigenvalue weighted by Crippen LogP contribution is 2.44.